The Bertz CT molecular complexity index is 318. The van der Waals surface area contributed by atoms with Gasteiger partial charge in [-0.3, -0.25) is 0 Å². The summed E-state index contributed by atoms with van der Waals surface area (Å²) in [6.07, 6.45) is 1.36. The van der Waals surface area contributed by atoms with Gasteiger partial charge in [0.25, 0.3) is 0 Å². The van der Waals surface area contributed by atoms with Crippen LogP contribution in [0.15, 0.2) is 0 Å². The summed E-state index contributed by atoms with van der Waals surface area (Å²) in [4.78, 5) is 64.7. The first-order valence-corrected chi connectivity index (χ1v) is 10.2. The van der Waals surface area contributed by atoms with Crippen molar-refractivity contribution < 1.29 is 73.1 Å². The van der Waals surface area contributed by atoms with E-state index < -0.39 is 23.5 Å². The average molecular weight is 428 g/mol. The van der Waals surface area contributed by atoms with Crippen molar-refractivity contribution in [1.82, 2.24) is 0 Å². The summed E-state index contributed by atoms with van der Waals surface area (Å²) in [7, 11) is -13.9. The summed E-state index contributed by atoms with van der Waals surface area (Å²) in [5.41, 5.74) is 0. The van der Waals surface area contributed by atoms with E-state index in [1.165, 1.54) is 0 Å². The topological polar surface area (TPSA) is 294 Å². The van der Waals surface area contributed by atoms with Gasteiger partial charge in [-0.15, -0.1) is 0 Å². The van der Waals surface area contributed by atoms with Gasteiger partial charge in [-0.1, -0.05) is 0 Å². The zero-order valence-electron chi connectivity index (χ0n) is 12.0. The van der Waals surface area contributed by atoms with Crippen LogP contribution in [0.2, 0.25) is 0 Å². The second kappa shape index (κ2) is 16.7. The van der Waals surface area contributed by atoms with Crippen molar-refractivity contribution in [3.8, 4) is 0 Å². The third-order valence-electron chi connectivity index (χ3n) is 1.29. The number of aliphatic hydroxyl groups is 3. The van der Waals surface area contributed by atoms with Crippen LogP contribution in [0.3, 0.4) is 0 Å². The summed E-state index contributed by atoms with van der Waals surface area (Å²) in [5.74, 6) is -0.0443. The van der Waals surface area contributed by atoms with E-state index in [4.69, 9.17) is 73.1 Å². The van der Waals surface area contributed by atoms with E-state index in [-0.39, 0.29) is 25.7 Å². The van der Waals surface area contributed by atoms with Crippen LogP contribution < -0.4 is 0 Å². The van der Waals surface area contributed by atoms with Crippen LogP contribution in [0.1, 0.15) is 12.8 Å². The van der Waals surface area contributed by atoms with Gasteiger partial charge in [-0.05, 0) is 12.8 Å². The second-order valence-electron chi connectivity index (χ2n) is 3.64. The van der Waals surface area contributed by atoms with Crippen molar-refractivity contribution in [3.05, 3.63) is 0 Å². The molecule has 0 aromatic heterocycles. The SMILES string of the molecule is O=P(O)(O)O.O=P(O)(O)O.O=P(O)(O)O.OCCCC(CO)CO. The zero-order chi connectivity index (χ0) is 20.6. The number of hydrogen-bond acceptors (Lipinski definition) is 6. The minimum atomic E-state index is -4.64. The monoisotopic (exact) mass is 428 g/mol. The summed E-state index contributed by atoms with van der Waals surface area (Å²) >= 11 is 0. The lowest BCUT2D eigenvalue weighted by atomic mass is 10.1. The minimum absolute atomic E-state index is 0.0104. The van der Waals surface area contributed by atoms with E-state index in [1.807, 2.05) is 0 Å². The van der Waals surface area contributed by atoms with Crippen LogP contribution in [-0.4, -0.2) is 79.2 Å². The molecule has 0 aromatic rings. The lowest BCUT2D eigenvalue weighted by Crippen LogP contribution is -2.11. The van der Waals surface area contributed by atoms with Gasteiger partial charge in [0.2, 0.25) is 0 Å². The van der Waals surface area contributed by atoms with Crippen molar-refractivity contribution >= 4 is 23.5 Å². The van der Waals surface area contributed by atoms with Crippen LogP contribution >= 0.6 is 23.5 Å². The fraction of sp³-hybridized carbons (Fsp3) is 1.00. The number of aliphatic hydroxyl groups excluding tert-OH is 3. The molecule has 0 fully saturated rings. The highest BCUT2D eigenvalue weighted by Crippen LogP contribution is 2.26. The number of phosphoric acid groups is 3. The molecular weight excluding hydrogens is 405 g/mol. The second-order valence-corrected chi connectivity index (χ2v) is 6.72. The molecule has 0 aliphatic rings. The van der Waals surface area contributed by atoms with Crippen LogP contribution in [-0.2, 0) is 13.7 Å². The van der Waals surface area contributed by atoms with Gasteiger partial charge < -0.3 is 59.4 Å². The van der Waals surface area contributed by atoms with Gasteiger partial charge in [0.05, 0.1) is 0 Å². The fourth-order valence-corrected chi connectivity index (χ4v) is 0.620. The van der Waals surface area contributed by atoms with Crippen molar-refractivity contribution in [2.45, 2.75) is 12.8 Å². The maximum Gasteiger partial charge on any atom is 0.466 e. The Kier molecular flexibility index (Phi) is 22.2. The zero-order valence-corrected chi connectivity index (χ0v) is 14.7. The summed E-state index contributed by atoms with van der Waals surface area (Å²) in [6.45, 7) is 0.156. The molecule has 0 aliphatic heterocycles. The summed E-state index contributed by atoms with van der Waals surface area (Å²) in [6, 6.07) is 0. The maximum absolute atomic E-state index is 8.88. The maximum atomic E-state index is 8.88. The average Bonchev–Trinajstić information content (AvgIpc) is 2.23. The quantitative estimate of drug-likeness (QED) is 0.190. The van der Waals surface area contributed by atoms with E-state index >= 15 is 0 Å². The third-order valence-corrected chi connectivity index (χ3v) is 1.29. The molecule has 0 amide bonds. The molecule has 0 heterocycles. The molecule has 0 radical (unpaired) electrons. The minimum Gasteiger partial charge on any atom is -0.396 e. The summed E-state index contributed by atoms with van der Waals surface area (Å²) < 4.78 is 26.6. The van der Waals surface area contributed by atoms with E-state index in [0.717, 1.165) is 0 Å². The van der Waals surface area contributed by atoms with E-state index in [2.05, 4.69) is 0 Å². The van der Waals surface area contributed by atoms with E-state index in [9.17, 15) is 0 Å². The Morgan fingerprint density at radius 2 is 0.792 bits per heavy atom. The molecule has 0 rings (SSSR count). The Hall–Kier alpha value is 0.210. The molecule has 18 heteroatoms. The molecule has 0 saturated heterocycles. The van der Waals surface area contributed by atoms with Crippen LogP contribution in [0.25, 0.3) is 0 Å². The standard InChI is InChI=1S/C6H14O3.3H3O4P/c7-3-1-2-6(4-8)5-9;3*1-5(2,3)4/h6-9H,1-5H2;3*(H3,1,2,3,4). The van der Waals surface area contributed by atoms with E-state index in [1.54, 1.807) is 0 Å². The molecule has 0 bridgehead atoms. The lowest BCUT2D eigenvalue weighted by molar-refractivity contribution is 0.135. The predicted octanol–water partition coefficient (Wildman–Crippen LogP) is -3.43. The lowest BCUT2D eigenvalue weighted by Gasteiger charge is -2.07. The van der Waals surface area contributed by atoms with Crippen molar-refractivity contribution in [2.24, 2.45) is 5.92 Å². The van der Waals surface area contributed by atoms with Crippen LogP contribution in [0, 0.1) is 5.92 Å². The first-order valence-electron chi connectivity index (χ1n) is 5.52. The van der Waals surface area contributed by atoms with Crippen molar-refractivity contribution in [3.63, 3.8) is 0 Å². The molecule has 15 nitrogen and oxygen atoms in total. The normalized spacial score (nSPS) is 11.4. The molecular formula is C6H23O15P3. The highest BCUT2D eigenvalue weighted by Gasteiger charge is 2.03. The van der Waals surface area contributed by atoms with Gasteiger partial charge in [0.1, 0.15) is 0 Å². The predicted molar refractivity (Wildman–Crippen MR) is 76.8 cm³/mol. The first-order chi connectivity index (χ1) is 10.3. The molecule has 0 aliphatic carbocycles. The van der Waals surface area contributed by atoms with Gasteiger partial charge >= 0.3 is 23.5 Å². The molecule has 0 atom stereocenters. The molecule has 12 N–H and O–H groups in total. The molecule has 152 valence electrons. The Morgan fingerprint density at radius 1 is 0.583 bits per heavy atom. The Labute approximate surface area is 136 Å². The van der Waals surface area contributed by atoms with Gasteiger partial charge in [0.15, 0.2) is 0 Å². The fourth-order valence-electron chi connectivity index (χ4n) is 0.620. The van der Waals surface area contributed by atoms with Crippen molar-refractivity contribution in [1.29, 1.82) is 0 Å². The molecule has 24 heavy (non-hydrogen) atoms. The van der Waals surface area contributed by atoms with Crippen LogP contribution in [0.5, 0.6) is 0 Å². The smallest absolute Gasteiger partial charge is 0.396 e. The highest BCUT2D eigenvalue weighted by molar-refractivity contribution is 7.45. The summed E-state index contributed by atoms with van der Waals surface area (Å²) in [5, 5.41) is 25.4. The Morgan fingerprint density at radius 3 is 0.917 bits per heavy atom. The van der Waals surface area contributed by atoms with Crippen LogP contribution in [0.4, 0.5) is 0 Å². The van der Waals surface area contributed by atoms with Gasteiger partial charge in [-0.25, -0.2) is 13.7 Å². The Balaban J connectivity index is -0.000000116. The number of hydrogen-bond donors (Lipinski definition) is 12. The first kappa shape index (κ1) is 31.9. The van der Waals surface area contributed by atoms with E-state index in [0.29, 0.717) is 12.8 Å². The molecule has 0 saturated carbocycles. The largest absolute Gasteiger partial charge is 0.466 e. The van der Waals surface area contributed by atoms with Crippen molar-refractivity contribution in [2.75, 3.05) is 19.8 Å². The number of rotatable bonds is 5. The molecule has 0 spiro atoms. The third kappa shape index (κ3) is 148. The molecule has 0 unspecified atom stereocenters. The van der Waals surface area contributed by atoms with Gasteiger partial charge in [-0.2, -0.15) is 0 Å². The molecule has 0 aromatic carbocycles. The van der Waals surface area contributed by atoms with Gasteiger partial charge in [0, 0.05) is 25.7 Å². The highest BCUT2D eigenvalue weighted by atomic mass is 31.2.